The third-order valence-corrected chi connectivity index (χ3v) is 11.9. The van der Waals surface area contributed by atoms with Crippen LogP contribution < -0.4 is 9.80 Å². The number of anilines is 6. The molecule has 57 heavy (non-hydrogen) atoms. The summed E-state index contributed by atoms with van der Waals surface area (Å²) >= 11 is 0. The lowest BCUT2D eigenvalue weighted by molar-refractivity contribution is 1.25. The van der Waals surface area contributed by atoms with Gasteiger partial charge in [-0.25, -0.2) is 0 Å². The summed E-state index contributed by atoms with van der Waals surface area (Å²) in [6.07, 6.45) is 0. The molecule has 11 rings (SSSR count). The minimum absolute atomic E-state index is 1.14. The van der Waals surface area contributed by atoms with E-state index in [0.717, 1.165) is 11.4 Å². The van der Waals surface area contributed by atoms with Crippen molar-refractivity contribution in [3.8, 4) is 0 Å². The van der Waals surface area contributed by atoms with E-state index >= 15 is 0 Å². The van der Waals surface area contributed by atoms with Crippen molar-refractivity contribution in [2.24, 2.45) is 0 Å². The van der Waals surface area contributed by atoms with Crippen LogP contribution in [0.5, 0.6) is 0 Å². The normalized spacial score (nSPS) is 11.9. The Bertz CT molecular complexity index is 3120. The molecule has 9 aromatic carbocycles. The average molecular weight is 732 g/mol. The lowest BCUT2D eigenvalue weighted by Crippen LogP contribution is -2.13. The molecule has 0 spiro atoms. The molecule has 0 aliphatic rings. The molecule has 2 aromatic heterocycles. The molecule has 3 nitrogen and oxygen atoms in total. The number of aromatic nitrogens is 1. The van der Waals surface area contributed by atoms with Gasteiger partial charge >= 0.3 is 0 Å². The van der Waals surface area contributed by atoms with E-state index in [2.05, 4.69) is 218 Å². The number of aryl methyl sites for hydroxylation is 4. The molecule has 0 aliphatic heterocycles. The van der Waals surface area contributed by atoms with Gasteiger partial charge in [-0.3, -0.25) is 0 Å². The van der Waals surface area contributed by atoms with Crippen LogP contribution in [0.4, 0.5) is 34.1 Å². The molecule has 272 valence electrons. The zero-order chi connectivity index (χ0) is 38.4. The molecule has 0 saturated carbocycles. The molecule has 0 radical (unpaired) electrons. The fourth-order valence-electron chi connectivity index (χ4n) is 9.58. The molecule has 11 aromatic rings. The van der Waals surface area contributed by atoms with Crippen LogP contribution in [0.1, 0.15) is 22.3 Å². The summed E-state index contributed by atoms with van der Waals surface area (Å²) in [5.41, 5.74) is 15.7. The Morgan fingerprint density at radius 3 is 1.21 bits per heavy atom. The second kappa shape index (κ2) is 12.7. The fraction of sp³-hybridized carbons (Fsp3) is 0.0741. The quantitative estimate of drug-likeness (QED) is 0.169. The molecule has 0 bridgehead atoms. The standard InChI is InChI=1S/C54H41N3/c1-34-26-28-46(36(3)30-34)55(40-18-7-5-8-19-40)53-42-22-13-11-16-38(42)32-48-50(53)44-24-15-25-45-51-49(57(48)52(44)45)33-39-17-12-14-23-43(39)54(51)56(41-20-9-6-10-21-41)47-29-27-35(2)31-37(47)4/h5-33H,1-4H3. The minimum Gasteiger partial charge on any atom is -0.309 e. The second-order valence-electron chi connectivity index (χ2n) is 15.6. The monoisotopic (exact) mass is 731 g/mol. The average Bonchev–Trinajstić information content (AvgIpc) is 3.75. The highest BCUT2D eigenvalue weighted by Crippen LogP contribution is 2.53. The van der Waals surface area contributed by atoms with E-state index in [4.69, 9.17) is 0 Å². The lowest BCUT2D eigenvalue weighted by Gasteiger charge is -2.30. The Kier molecular flexibility index (Phi) is 7.42. The third-order valence-electron chi connectivity index (χ3n) is 11.9. The first-order valence-electron chi connectivity index (χ1n) is 19.9. The number of hydrogen-bond donors (Lipinski definition) is 0. The predicted octanol–water partition coefficient (Wildman–Crippen LogP) is 15.3. The van der Waals surface area contributed by atoms with Gasteiger partial charge in [0.25, 0.3) is 0 Å². The number of para-hydroxylation sites is 3. The molecule has 0 amide bonds. The van der Waals surface area contributed by atoms with Crippen molar-refractivity contribution in [3.05, 3.63) is 198 Å². The Hall–Kier alpha value is -7.10. The van der Waals surface area contributed by atoms with Gasteiger partial charge in [0, 0.05) is 55.1 Å². The zero-order valence-electron chi connectivity index (χ0n) is 32.6. The van der Waals surface area contributed by atoms with Crippen molar-refractivity contribution >= 4 is 93.8 Å². The fourth-order valence-corrected chi connectivity index (χ4v) is 9.58. The number of fused-ring (bicyclic) bond motifs is 8. The Morgan fingerprint density at radius 1 is 0.368 bits per heavy atom. The van der Waals surface area contributed by atoms with Crippen molar-refractivity contribution in [2.45, 2.75) is 27.7 Å². The summed E-state index contributed by atoms with van der Waals surface area (Å²) in [6.45, 7) is 8.83. The Morgan fingerprint density at radius 2 is 0.772 bits per heavy atom. The van der Waals surface area contributed by atoms with Gasteiger partial charge in [0.15, 0.2) is 0 Å². The summed E-state index contributed by atoms with van der Waals surface area (Å²) < 4.78 is 2.57. The first-order chi connectivity index (χ1) is 28.0. The number of nitrogens with zero attached hydrogens (tertiary/aromatic N) is 3. The van der Waals surface area contributed by atoms with Crippen LogP contribution in [0.2, 0.25) is 0 Å². The number of benzene rings is 9. The summed E-state index contributed by atoms with van der Waals surface area (Å²) in [5, 5.41) is 9.87. The molecule has 0 unspecified atom stereocenters. The molecule has 0 atom stereocenters. The summed E-state index contributed by atoms with van der Waals surface area (Å²) in [7, 11) is 0. The van der Waals surface area contributed by atoms with Gasteiger partial charge in [-0.05, 0) is 98.1 Å². The zero-order valence-corrected chi connectivity index (χ0v) is 32.6. The van der Waals surface area contributed by atoms with E-state index in [-0.39, 0.29) is 0 Å². The predicted molar refractivity (Wildman–Crippen MR) is 244 cm³/mol. The van der Waals surface area contributed by atoms with Gasteiger partial charge in [0.1, 0.15) is 0 Å². The van der Waals surface area contributed by atoms with E-state index in [1.54, 1.807) is 0 Å². The maximum absolute atomic E-state index is 2.57. The molecule has 0 aliphatic carbocycles. The molecule has 0 N–H and O–H groups in total. The van der Waals surface area contributed by atoms with Crippen LogP contribution in [0.15, 0.2) is 176 Å². The topological polar surface area (TPSA) is 10.9 Å². The van der Waals surface area contributed by atoms with Gasteiger partial charge < -0.3 is 14.2 Å². The molecule has 0 saturated heterocycles. The SMILES string of the molecule is Cc1ccc(N(c2ccccc2)c2c3ccccc3cc3c2c2cccc4c5c(N(c6ccccc6)c6ccc(C)cc6C)c6ccccc6cc5n3c24)c(C)c1. The van der Waals surface area contributed by atoms with E-state index in [1.807, 2.05) is 0 Å². The van der Waals surface area contributed by atoms with E-state index in [9.17, 15) is 0 Å². The highest BCUT2D eigenvalue weighted by molar-refractivity contribution is 6.33. The van der Waals surface area contributed by atoms with E-state index in [0.29, 0.717) is 0 Å². The van der Waals surface area contributed by atoms with Crippen LogP contribution in [-0.2, 0) is 0 Å². The first kappa shape index (κ1) is 33.3. The summed E-state index contributed by atoms with van der Waals surface area (Å²) in [4.78, 5) is 5.00. The number of rotatable bonds is 6. The summed E-state index contributed by atoms with van der Waals surface area (Å²) in [5.74, 6) is 0. The Balaban J connectivity index is 1.34. The Labute approximate surface area is 332 Å². The smallest absolute Gasteiger partial charge is 0.0640 e. The van der Waals surface area contributed by atoms with Crippen molar-refractivity contribution in [1.29, 1.82) is 0 Å². The van der Waals surface area contributed by atoms with Crippen LogP contribution in [-0.4, -0.2) is 4.40 Å². The molecule has 2 heterocycles. The van der Waals surface area contributed by atoms with Gasteiger partial charge in [-0.1, -0.05) is 139 Å². The first-order valence-corrected chi connectivity index (χ1v) is 19.9. The maximum Gasteiger partial charge on any atom is 0.0640 e. The summed E-state index contributed by atoms with van der Waals surface area (Å²) in [6, 6.07) is 65.0. The van der Waals surface area contributed by atoms with Gasteiger partial charge in [0.2, 0.25) is 0 Å². The van der Waals surface area contributed by atoms with Crippen molar-refractivity contribution in [2.75, 3.05) is 9.80 Å². The van der Waals surface area contributed by atoms with Crippen molar-refractivity contribution in [1.82, 2.24) is 4.40 Å². The maximum atomic E-state index is 2.57. The van der Waals surface area contributed by atoms with Crippen LogP contribution in [0.3, 0.4) is 0 Å². The van der Waals surface area contributed by atoms with Crippen LogP contribution in [0, 0.1) is 27.7 Å². The van der Waals surface area contributed by atoms with Gasteiger partial charge in [-0.15, -0.1) is 0 Å². The second-order valence-corrected chi connectivity index (χ2v) is 15.6. The van der Waals surface area contributed by atoms with Gasteiger partial charge in [-0.2, -0.15) is 0 Å². The highest BCUT2D eigenvalue weighted by Gasteiger charge is 2.29. The molecule has 0 fully saturated rings. The third kappa shape index (κ3) is 4.98. The van der Waals surface area contributed by atoms with Crippen molar-refractivity contribution in [3.63, 3.8) is 0 Å². The molecule has 3 heteroatoms. The highest BCUT2D eigenvalue weighted by atomic mass is 15.2. The minimum atomic E-state index is 1.14. The molecular formula is C54H41N3. The molecular weight excluding hydrogens is 691 g/mol. The van der Waals surface area contributed by atoms with Crippen LogP contribution in [0.25, 0.3) is 59.6 Å². The number of hydrogen-bond acceptors (Lipinski definition) is 2. The lowest BCUT2D eigenvalue weighted by atomic mass is 9.97. The van der Waals surface area contributed by atoms with Gasteiger partial charge in [0.05, 0.1) is 27.9 Å². The van der Waals surface area contributed by atoms with E-state index < -0.39 is 0 Å². The van der Waals surface area contributed by atoms with Crippen LogP contribution >= 0.6 is 0 Å². The van der Waals surface area contributed by atoms with Crippen molar-refractivity contribution < 1.29 is 0 Å². The van der Waals surface area contributed by atoms with E-state index in [1.165, 1.54) is 105 Å². The largest absolute Gasteiger partial charge is 0.309 e.